The molecular weight excluding hydrogens is 196 g/mol. The van der Waals surface area contributed by atoms with Crippen molar-refractivity contribution in [1.29, 1.82) is 0 Å². The van der Waals surface area contributed by atoms with Gasteiger partial charge < -0.3 is 10.0 Å². The molecule has 5 nitrogen and oxygen atoms in total. The van der Waals surface area contributed by atoms with Crippen molar-refractivity contribution in [3.8, 4) is 0 Å². The van der Waals surface area contributed by atoms with Crippen molar-refractivity contribution in [3.63, 3.8) is 0 Å². The van der Waals surface area contributed by atoms with Crippen molar-refractivity contribution in [2.75, 3.05) is 19.6 Å². The van der Waals surface area contributed by atoms with E-state index in [1.165, 1.54) is 0 Å². The molecule has 0 radical (unpaired) electrons. The predicted molar refractivity (Wildman–Crippen MR) is 53.4 cm³/mol. The van der Waals surface area contributed by atoms with Crippen molar-refractivity contribution in [2.24, 2.45) is 11.8 Å². The smallest absolute Gasteiger partial charge is 0.411 e. The number of amides is 2. The molecule has 0 saturated carbocycles. The molecule has 1 atom stereocenters. The molecule has 0 aromatic rings. The summed E-state index contributed by atoms with van der Waals surface area (Å²) in [5.41, 5.74) is 0. The summed E-state index contributed by atoms with van der Waals surface area (Å²) in [5.74, 6) is 0.614. The van der Waals surface area contributed by atoms with Gasteiger partial charge >= 0.3 is 6.09 Å². The summed E-state index contributed by atoms with van der Waals surface area (Å²) in [7, 11) is 0. The fraction of sp³-hybridized carbons (Fsp3) is 0.800. The minimum Gasteiger partial charge on any atom is -0.465 e. The summed E-state index contributed by atoms with van der Waals surface area (Å²) in [6, 6.07) is 0. The molecule has 2 bridgehead atoms. The number of imide groups is 1. The van der Waals surface area contributed by atoms with Gasteiger partial charge in [-0.05, 0) is 37.8 Å². The maximum atomic E-state index is 11.3. The van der Waals surface area contributed by atoms with Crippen LogP contribution in [0.3, 0.4) is 0 Å². The van der Waals surface area contributed by atoms with Crippen molar-refractivity contribution in [1.82, 2.24) is 10.2 Å². The highest BCUT2D eigenvalue weighted by Crippen LogP contribution is 2.33. The molecule has 1 unspecified atom stereocenters. The number of hydrogen-bond acceptors (Lipinski definition) is 3. The number of carbonyl (C=O) groups excluding carboxylic acids is 1. The van der Waals surface area contributed by atoms with E-state index in [2.05, 4.69) is 4.90 Å². The van der Waals surface area contributed by atoms with Crippen LogP contribution in [0.25, 0.3) is 0 Å². The molecule has 3 rings (SSSR count). The minimum atomic E-state index is -1.25. The topological polar surface area (TPSA) is 69.6 Å². The highest BCUT2D eigenvalue weighted by Gasteiger charge is 2.35. The molecule has 3 heterocycles. The Bertz CT molecular complexity index is 272. The van der Waals surface area contributed by atoms with E-state index in [0.29, 0.717) is 18.3 Å². The Morgan fingerprint density at radius 3 is 2.47 bits per heavy atom. The average Bonchev–Trinajstić information content (AvgIpc) is 2.17. The van der Waals surface area contributed by atoms with Crippen LogP contribution in [-0.2, 0) is 4.79 Å². The lowest BCUT2D eigenvalue weighted by Crippen LogP contribution is -2.48. The number of carbonyl (C=O) groups is 2. The van der Waals surface area contributed by atoms with Gasteiger partial charge in [0.2, 0.25) is 5.91 Å². The van der Waals surface area contributed by atoms with E-state index in [4.69, 9.17) is 5.11 Å². The van der Waals surface area contributed by atoms with Crippen LogP contribution >= 0.6 is 0 Å². The molecule has 0 spiro atoms. The van der Waals surface area contributed by atoms with Gasteiger partial charge in [0, 0.05) is 13.0 Å². The van der Waals surface area contributed by atoms with Gasteiger partial charge in [0.25, 0.3) is 0 Å². The lowest BCUT2D eigenvalue weighted by atomic mass is 9.77. The minimum absolute atomic E-state index is 0.354. The molecule has 0 aliphatic carbocycles. The number of nitrogens with one attached hydrogen (secondary N) is 1. The van der Waals surface area contributed by atoms with Gasteiger partial charge in [-0.25, -0.2) is 4.79 Å². The average molecular weight is 212 g/mol. The fourth-order valence-electron chi connectivity index (χ4n) is 2.73. The Hall–Kier alpha value is -1.10. The van der Waals surface area contributed by atoms with Crippen molar-refractivity contribution < 1.29 is 14.7 Å². The van der Waals surface area contributed by atoms with E-state index in [-0.39, 0.29) is 5.91 Å². The largest absolute Gasteiger partial charge is 0.465 e. The number of fused-ring (bicyclic) bond motifs is 3. The summed E-state index contributed by atoms with van der Waals surface area (Å²) in [6.45, 7) is 3.24. The van der Waals surface area contributed by atoms with Crippen LogP contribution in [0.15, 0.2) is 0 Å². The third-order valence-corrected chi connectivity index (χ3v) is 3.49. The molecule has 3 fully saturated rings. The molecule has 15 heavy (non-hydrogen) atoms. The molecule has 2 amide bonds. The number of rotatable bonds is 2. The lowest BCUT2D eigenvalue weighted by Gasteiger charge is -2.44. The molecule has 3 saturated heterocycles. The molecule has 3 aliphatic heterocycles. The summed E-state index contributed by atoms with van der Waals surface area (Å²) < 4.78 is 0. The van der Waals surface area contributed by atoms with Crippen LogP contribution in [0, 0.1) is 11.8 Å². The number of nitrogens with zero attached hydrogens (tertiary/aromatic N) is 1. The van der Waals surface area contributed by atoms with Gasteiger partial charge in [-0.2, -0.15) is 0 Å². The molecule has 2 N–H and O–H groups in total. The highest BCUT2D eigenvalue weighted by molar-refractivity contribution is 5.90. The van der Waals surface area contributed by atoms with Gasteiger partial charge in [0.1, 0.15) is 0 Å². The first kappa shape index (κ1) is 10.4. The molecule has 3 aliphatic rings. The van der Waals surface area contributed by atoms with Crippen LogP contribution < -0.4 is 5.32 Å². The van der Waals surface area contributed by atoms with Crippen molar-refractivity contribution >= 4 is 12.0 Å². The number of piperidine rings is 3. The van der Waals surface area contributed by atoms with Gasteiger partial charge in [-0.1, -0.05) is 0 Å². The second-order valence-electron chi connectivity index (χ2n) is 4.46. The summed E-state index contributed by atoms with van der Waals surface area (Å²) in [5, 5.41) is 10.3. The van der Waals surface area contributed by atoms with Crippen LogP contribution in [0.2, 0.25) is 0 Å². The Morgan fingerprint density at radius 1 is 1.33 bits per heavy atom. The Kier molecular flexibility index (Phi) is 2.90. The van der Waals surface area contributed by atoms with E-state index in [1.807, 2.05) is 5.32 Å². The molecule has 5 heteroatoms. The zero-order valence-corrected chi connectivity index (χ0v) is 8.61. The van der Waals surface area contributed by atoms with Crippen LogP contribution in [0.5, 0.6) is 0 Å². The SMILES string of the molecule is O=C(O)NC(=O)CC1CN2CCC1CC2. The van der Waals surface area contributed by atoms with E-state index in [0.717, 1.165) is 32.5 Å². The molecule has 84 valence electrons. The summed E-state index contributed by atoms with van der Waals surface area (Å²) in [4.78, 5) is 23.9. The maximum Gasteiger partial charge on any atom is 0.411 e. The standard InChI is InChI=1S/C10H16N2O3/c13-9(11-10(14)15)5-8-6-12-3-1-7(8)2-4-12/h7-8H,1-6H2,(H,11,13)(H,14,15). The second-order valence-corrected chi connectivity index (χ2v) is 4.46. The van der Waals surface area contributed by atoms with Gasteiger partial charge in [0.05, 0.1) is 0 Å². The van der Waals surface area contributed by atoms with Crippen molar-refractivity contribution in [2.45, 2.75) is 19.3 Å². The molecular formula is C10H16N2O3. The van der Waals surface area contributed by atoms with Gasteiger partial charge in [-0.15, -0.1) is 0 Å². The van der Waals surface area contributed by atoms with E-state index >= 15 is 0 Å². The van der Waals surface area contributed by atoms with Crippen LogP contribution in [-0.4, -0.2) is 41.6 Å². The third kappa shape index (κ3) is 2.47. The quantitative estimate of drug-likeness (QED) is 0.699. The van der Waals surface area contributed by atoms with E-state index in [1.54, 1.807) is 0 Å². The maximum absolute atomic E-state index is 11.3. The third-order valence-electron chi connectivity index (χ3n) is 3.49. The zero-order chi connectivity index (χ0) is 10.8. The Labute approximate surface area is 88.4 Å². The van der Waals surface area contributed by atoms with Crippen LogP contribution in [0.4, 0.5) is 4.79 Å². The first-order valence-electron chi connectivity index (χ1n) is 5.40. The summed E-state index contributed by atoms with van der Waals surface area (Å²) in [6.07, 6.45) is 1.42. The normalized spacial score (nSPS) is 33.7. The van der Waals surface area contributed by atoms with Gasteiger partial charge in [-0.3, -0.25) is 10.1 Å². The lowest BCUT2D eigenvalue weighted by molar-refractivity contribution is -0.122. The predicted octanol–water partition coefficient (Wildman–Crippen LogP) is 0.512. The molecule has 0 aromatic heterocycles. The van der Waals surface area contributed by atoms with Crippen molar-refractivity contribution in [3.05, 3.63) is 0 Å². The van der Waals surface area contributed by atoms with E-state index < -0.39 is 6.09 Å². The highest BCUT2D eigenvalue weighted by atomic mass is 16.4. The zero-order valence-electron chi connectivity index (χ0n) is 8.61. The number of hydrogen-bond donors (Lipinski definition) is 2. The second kappa shape index (κ2) is 4.18. The van der Waals surface area contributed by atoms with E-state index in [9.17, 15) is 9.59 Å². The van der Waals surface area contributed by atoms with Crippen LogP contribution in [0.1, 0.15) is 19.3 Å². The summed E-state index contributed by atoms with van der Waals surface area (Å²) >= 11 is 0. The van der Waals surface area contributed by atoms with Gasteiger partial charge in [0.15, 0.2) is 0 Å². The first-order chi connectivity index (χ1) is 7.15. The Morgan fingerprint density at radius 2 is 2.00 bits per heavy atom. The molecule has 0 aromatic carbocycles. The fourth-order valence-corrected chi connectivity index (χ4v) is 2.73. The first-order valence-corrected chi connectivity index (χ1v) is 5.40. The monoisotopic (exact) mass is 212 g/mol. The number of carboxylic acid groups (broad SMARTS) is 1. The Balaban J connectivity index is 1.84.